The minimum Gasteiger partial charge on any atom is -0.324 e. The first-order valence-corrected chi connectivity index (χ1v) is 16.2. The van der Waals surface area contributed by atoms with Gasteiger partial charge in [0.2, 0.25) is 5.91 Å². The quantitative estimate of drug-likeness (QED) is 0.100. The number of halogens is 4. The summed E-state index contributed by atoms with van der Waals surface area (Å²) in [7, 11) is 0. The van der Waals surface area contributed by atoms with Crippen molar-refractivity contribution in [2.45, 2.75) is 23.2 Å². The minimum atomic E-state index is -4.73. The van der Waals surface area contributed by atoms with E-state index in [2.05, 4.69) is 16.0 Å². The third-order valence-corrected chi connectivity index (χ3v) is 8.67. The summed E-state index contributed by atoms with van der Waals surface area (Å²) in [4.78, 5) is 40.5. The molecule has 1 atom stereocenters. The number of benzene rings is 5. The number of hydrogen-bond donors (Lipinski definition) is 3. The highest BCUT2D eigenvalue weighted by Crippen LogP contribution is 2.40. The molecule has 0 bridgehead atoms. The fourth-order valence-corrected chi connectivity index (χ4v) is 5.88. The zero-order valence-electron chi connectivity index (χ0n) is 25.9. The molecular weight excluding hydrogens is 671 g/mol. The first kappa shape index (κ1) is 35.0. The molecule has 0 heterocycles. The summed E-state index contributed by atoms with van der Waals surface area (Å²) in [5.41, 5.74) is 1.68. The Morgan fingerprint density at radius 2 is 1.41 bits per heavy atom. The van der Waals surface area contributed by atoms with Crippen LogP contribution in [0.15, 0.2) is 138 Å². The summed E-state index contributed by atoms with van der Waals surface area (Å²) >= 11 is 6.94. The van der Waals surface area contributed by atoms with Crippen molar-refractivity contribution >= 4 is 58.5 Å². The molecule has 11 heteroatoms. The van der Waals surface area contributed by atoms with Crippen molar-refractivity contribution in [1.29, 1.82) is 0 Å². The predicted molar refractivity (Wildman–Crippen MR) is 188 cm³/mol. The lowest BCUT2D eigenvalue weighted by Gasteiger charge is -2.20. The number of thioether (sulfide) groups is 1. The Labute approximate surface area is 290 Å². The van der Waals surface area contributed by atoms with E-state index in [9.17, 15) is 27.6 Å². The minimum absolute atomic E-state index is 0.0254. The molecule has 0 saturated heterocycles. The Balaban J connectivity index is 1.34. The summed E-state index contributed by atoms with van der Waals surface area (Å²) in [6.45, 7) is 1.94. The van der Waals surface area contributed by atoms with Gasteiger partial charge in [0.15, 0.2) is 0 Å². The molecule has 5 aromatic carbocycles. The first-order valence-electron chi connectivity index (χ1n) is 14.9. The van der Waals surface area contributed by atoms with Gasteiger partial charge >= 0.3 is 6.18 Å². The Morgan fingerprint density at radius 3 is 2.04 bits per heavy atom. The van der Waals surface area contributed by atoms with E-state index >= 15 is 0 Å². The van der Waals surface area contributed by atoms with Crippen LogP contribution in [-0.4, -0.2) is 17.7 Å². The van der Waals surface area contributed by atoms with Gasteiger partial charge < -0.3 is 16.0 Å². The largest absolute Gasteiger partial charge is 0.418 e. The molecule has 0 aromatic heterocycles. The molecule has 248 valence electrons. The van der Waals surface area contributed by atoms with Crippen LogP contribution in [0.4, 0.5) is 24.5 Å². The SMILES string of the molecule is Cc1ccc(/C=C(\NC(=O)c2ccccc2)C(=O)Nc2ccc(SC(C(=O)Nc3ccc(Cl)cc3C(F)(F)F)c3ccccc3)cc2)cc1. The molecule has 6 nitrogen and oxygen atoms in total. The van der Waals surface area contributed by atoms with Crippen LogP contribution in [-0.2, 0) is 15.8 Å². The summed E-state index contributed by atoms with van der Waals surface area (Å²) in [5, 5.41) is 6.90. The molecule has 5 aromatic rings. The second-order valence-corrected chi connectivity index (χ2v) is 12.5. The third kappa shape index (κ3) is 9.62. The lowest BCUT2D eigenvalue weighted by Crippen LogP contribution is -2.30. The van der Waals surface area contributed by atoms with Gasteiger partial charge in [-0.2, -0.15) is 13.2 Å². The summed E-state index contributed by atoms with van der Waals surface area (Å²) in [6, 6.07) is 34.4. The molecule has 1 unspecified atom stereocenters. The number of rotatable bonds is 10. The van der Waals surface area contributed by atoms with Crippen LogP contribution in [0.25, 0.3) is 6.08 Å². The van der Waals surface area contributed by atoms with E-state index in [1.807, 2.05) is 31.2 Å². The molecule has 3 N–H and O–H groups in total. The summed E-state index contributed by atoms with van der Waals surface area (Å²) in [5.74, 6) is -1.68. The summed E-state index contributed by atoms with van der Waals surface area (Å²) in [6.07, 6.45) is -3.16. The van der Waals surface area contributed by atoms with Crippen LogP contribution in [0.1, 0.15) is 37.9 Å². The third-order valence-electron chi connectivity index (χ3n) is 7.17. The van der Waals surface area contributed by atoms with Gasteiger partial charge in [-0.1, -0.05) is 90.0 Å². The van der Waals surface area contributed by atoms with Crippen LogP contribution < -0.4 is 16.0 Å². The van der Waals surface area contributed by atoms with Gasteiger partial charge in [-0.15, -0.1) is 11.8 Å². The Hall–Kier alpha value is -5.32. The van der Waals surface area contributed by atoms with Gasteiger partial charge in [0, 0.05) is 21.2 Å². The predicted octanol–water partition coefficient (Wildman–Crippen LogP) is 9.55. The number of anilines is 2. The van der Waals surface area contributed by atoms with E-state index in [0.717, 1.165) is 29.5 Å². The number of nitrogens with one attached hydrogen (secondary N) is 3. The average molecular weight is 700 g/mol. The van der Waals surface area contributed by atoms with Gasteiger partial charge in [0.25, 0.3) is 11.8 Å². The van der Waals surface area contributed by atoms with E-state index in [1.165, 1.54) is 6.07 Å². The highest BCUT2D eigenvalue weighted by Gasteiger charge is 2.35. The molecular formula is C38H29ClF3N3O3S. The van der Waals surface area contributed by atoms with Crippen molar-refractivity contribution in [3.63, 3.8) is 0 Å². The number of carbonyl (C=O) groups excluding carboxylic acids is 3. The van der Waals surface area contributed by atoms with E-state index in [4.69, 9.17) is 11.6 Å². The number of hydrogen-bond acceptors (Lipinski definition) is 4. The highest BCUT2D eigenvalue weighted by molar-refractivity contribution is 8.00. The highest BCUT2D eigenvalue weighted by atomic mass is 35.5. The van der Waals surface area contributed by atoms with Gasteiger partial charge in [-0.05, 0) is 78.7 Å². The van der Waals surface area contributed by atoms with Crippen molar-refractivity contribution in [1.82, 2.24) is 5.32 Å². The van der Waals surface area contributed by atoms with Crippen LogP contribution in [0.5, 0.6) is 0 Å². The van der Waals surface area contributed by atoms with Crippen molar-refractivity contribution in [3.05, 3.63) is 166 Å². The van der Waals surface area contributed by atoms with Crippen molar-refractivity contribution in [2.24, 2.45) is 0 Å². The van der Waals surface area contributed by atoms with Crippen LogP contribution in [0.2, 0.25) is 5.02 Å². The molecule has 5 rings (SSSR count). The van der Waals surface area contributed by atoms with E-state index < -0.39 is 40.4 Å². The van der Waals surface area contributed by atoms with Crippen LogP contribution in [0, 0.1) is 6.92 Å². The molecule has 0 aliphatic carbocycles. The molecule has 0 aliphatic rings. The van der Waals surface area contributed by atoms with Crippen molar-refractivity contribution in [3.8, 4) is 0 Å². The smallest absolute Gasteiger partial charge is 0.324 e. The monoisotopic (exact) mass is 699 g/mol. The Bertz CT molecular complexity index is 1970. The standard InChI is InChI=1S/C38H29ClF3N3O3S/c1-24-12-14-25(15-13-24)22-33(45-35(46)27-10-6-3-7-11-27)36(47)43-29-17-19-30(20-18-29)49-34(26-8-4-2-5-9-26)37(48)44-32-21-16-28(39)23-31(32)38(40,41)42/h2-23,34H,1H3,(H,43,47)(H,44,48)(H,45,46)/b33-22-. The fourth-order valence-electron chi connectivity index (χ4n) is 4.68. The Kier molecular flexibility index (Phi) is 11.2. The number of carbonyl (C=O) groups is 3. The van der Waals surface area contributed by atoms with Gasteiger partial charge in [0.1, 0.15) is 10.9 Å². The summed E-state index contributed by atoms with van der Waals surface area (Å²) < 4.78 is 41.2. The maximum absolute atomic E-state index is 13.7. The normalized spacial score (nSPS) is 12.1. The van der Waals surface area contributed by atoms with Gasteiger partial charge in [0.05, 0.1) is 11.3 Å². The Morgan fingerprint density at radius 1 is 0.776 bits per heavy atom. The fraction of sp³-hybridized carbons (Fsp3) is 0.0789. The zero-order chi connectivity index (χ0) is 35.0. The number of alkyl halides is 3. The zero-order valence-corrected chi connectivity index (χ0v) is 27.5. The van der Waals surface area contributed by atoms with Gasteiger partial charge in [-0.25, -0.2) is 0 Å². The second kappa shape index (κ2) is 15.7. The molecule has 0 spiro atoms. The first-order chi connectivity index (χ1) is 23.5. The lowest BCUT2D eigenvalue weighted by atomic mass is 10.1. The molecule has 3 amide bonds. The van der Waals surface area contributed by atoms with Crippen molar-refractivity contribution < 1.29 is 27.6 Å². The topological polar surface area (TPSA) is 87.3 Å². The van der Waals surface area contributed by atoms with Crippen molar-refractivity contribution in [2.75, 3.05) is 10.6 Å². The average Bonchev–Trinajstić information content (AvgIpc) is 3.09. The van der Waals surface area contributed by atoms with E-state index in [-0.39, 0.29) is 10.7 Å². The molecule has 0 radical (unpaired) electrons. The lowest BCUT2D eigenvalue weighted by molar-refractivity contribution is -0.137. The molecule has 0 fully saturated rings. The van der Waals surface area contributed by atoms with Crippen LogP contribution in [0.3, 0.4) is 0 Å². The maximum Gasteiger partial charge on any atom is 0.418 e. The van der Waals surface area contributed by atoms with E-state index in [0.29, 0.717) is 27.3 Å². The molecule has 49 heavy (non-hydrogen) atoms. The molecule has 0 aliphatic heterocycles. The van der Waals surface area contributed by atoms with Gasteiger partial charge in [-0.3, -0.25) is 14.4 Å². The molecule has 0 saturated carbocycles. The number of aryl methyl sites for hydroxylation is 1. The van der Waals surface area contributed by atoms with Crippen LogP contribution >= 0.6 is 23.4 Å². The van der Waals surface area contributed by atoms with E-state index in [1.54, 1.807) is 91.0 Å². The number of amides is 3. The maximum atomic E-state index is 13.7. The second-order valence-electron chi connectivity index (χ2n) is 10.9.